The molecule has 144 valence electrons. The van der Waals surface area contributed by atoms with Crippen molar-refractivity contribution in [3.63, 3.8) is 0 Å². The molecule has 4 aromatic heterocycles. The molecule has 0 atom stereocenters. The van der Waals surface area contributed by atoms with E-state index in [0.717, 1.165) is 0 Å². The van der Waals surface area contributed by atoms with E-state index in [9.17, 15) is 4.79 Å². The van der Waals surface area contributed by atoms with Gasteiger partial charge in [0, 0.05) is 24.8 Å². The first-order chi connectivity index (χ1) is 13.9. The number of halogens is 2. The number of hydrogen-bond acceptors (Lipinski definition) is 7. The first-order valence-electron chi connectivity index (χ1n) is 8.51. The molecule has 5 rings (SSSR count). The summed E-state index contributed by atoms with van der Waals surface area (Å²) in [6, 6.07) is 6.71. The van der Waals surface area contributed by atoms with Crippen LogP contribution in [-0.4, -0.2) is 24.7 Å². The molecule has 5 aromatic rings. The van der Waals surface area contributed by atoms with Crippen LogP contribution in [0.15, 0.2) is 48.7 Å². The maximum atomic E-state index is 12.7. The zero-order valence-corrected chi connectivity index (χ0v) is 17.4. The summed E-state index contributed by atoms with van der Waals surface area (Å²) in [6.45, 7) is 3.58. The smallest absolute Gasteiger partial charge is 0.347 e. The van der Waals surface area contributed by atoms with E-state index in [1.54, 1.807) is 37.4 Å². The Morgan fingerprint density at radius 2 is 2.00 bits per heavy atom. The van der Waals surface area contributed by atoms with Crippen LogP contribution in [-0.2, 0) is 0 Å². The number of oxazole rings is 1. The lowest BCUT2D eigenvalue weighted by Crippen LogP contribution is -2.08. The first-order valence-corrected chi connectivity index (χ1v) is 9.68. The molecule has 0 N–H and O–H groups in total. The summed E-state index contributed by atoms with van der Waals surface area (Å²) in [5.41, 5.74) is 2.23. The minimum absolute atomic E-state index is 0.0844. The van der Waals surface area contributed by atoms with Gasteiger partial charge < -0.3 is 8.83 Å². The largest absolute Gasteiger partial charge is 0.441 e. The summed E-state index contributed by atoms with van der Waals surface area (Å²) in [6.07, 6.45) is 1.59. The third kappa shape index (κ3) is 2.85. The first kappa shape index (κ1) is 18.0. The Labute approximate surface area is 176 Å². The van der Waals surface area contributed by atoms with E-state index in [4.69, 9.17) is 20.4 Å². The van der Waals surface area contributed by atoms with E-state index < -0.39 is 5.63 Å². The van der Waals surface area contributed by atoms with Gasteiger partial charge >= 0.3 is 5.63 Å². The van der Waals surface area contributed by atoms with Crippen molar-refractivity contribution in [1.29, 1.82) is 0 Å². The van der Waals surface area contributed by atoms with Gasteiger partial charge in [0.1, 0.15) is 15.8 Å². The highest BCUT2D eigenvalue weighted by atomic mass is 79.9. The van der Waals surface area contributed by atoms with Crippen LogP contribution in [0.4, 0.5) is 0 Å². The number of hydrogen-bond donors (Lipinski definition) is 0. The predicted molar refractivity (Wildman–Crippen MR) is 110 cm³/mol. The molecular formula is C19H11BrClN5O3. The van der Waals surface area contributed by atoms with Crippen LogP contribution >= 0.6 is 27.5 Å². The molecule has 1 aromatic carbocycles. The van der Waals surface area contributed by atoms with E-state index in [-0.39, 0.29) is 5.89 Å². The van der Waals surface area contributed by atoms with Gasteiger partial charge in [-0.3, -0.25) is 0 Å². The van der Waals surface area contributed by atoms with Crippen molar-refractivity contribution >= 4 is 49.5 Å². The maximum Gasteiger partial charge on any atom is 0.347 e. The van der Waals surface area contributed by atoms with E-state index in [1.807, 2.05) is 6.92 Å². The Morgan fingerprint density at radius 1 is 1.17 bits per heavy atom. The lowest BCUT2D eigenvalue weighted by Gasteiger charge is -2.08. The van der Waals surface area contributed by atoms with Crippen LogP contribution in [0.5, 0.6) is 0 Å². The van der Waals surface area contributed by atoms with Crippen LogP contribution in [0.2, 0.25) is 5.02 Å². The Balaban J connectivity index is 1.81. The summed E-state index contributed by atoms with van der Waals surface area (Å²) < 4.78 is 13.2. The second kappa shape index (κ2) is 6.50. The number of pyridine rings is 1. The summed E-state index contributed by atoms with van der Waals surface area (Å²) in [7, 11) is 0. The molecule has 0 saturated carbocycles. The van der Waals surface area contributed by atoms with Gasteiger partial charge in [-0.05, 0) is 41.1 Å². The Kier molecular flexibility index (Phi) is 4.04. The number of aromatic nitrogens is 5. The number of nitrogens with zero attached hydrogens (tertiary/aromatic N) is 5. The highest BCUT2D eigenvalue weighted by molar-refractivity contribution is 9.10. The molecule has 0 spiro atoms. The fourth-order valence-electron chi connectivity index (χ4n) is 3.20. The van der Waals surface area contributed by atoms with Gasteiger partial charge in [-0.25, -0.2) is 24.4 Å². The Bertz CT molecular complexity index is 1490. The lowest BCUT2D eigenvalue weighted by atomic mass is 10.1. The predicted octanol–water partition coefficient (Wildman–Crippen LogP) is 4.61. The highest BCUT2D eigenvalue weighted by Crippen LogP contribution is 2.30. The van der Waals surface area contributed by atoms with Crippen LogP contribution in [0.25, 0.3) is 39.4 Å². The maximum absolute atomic E-state index is 12.7. The van der Waals surface area contributed by atoms with Gasteiger partial charge in [-0.15, -0.1) is 0 Å². The van der Waals surface area contributed by atoms with Crippen molar-refractivity contribution in [2.45, 2.75) is 13.8 Å². The van der Waals surface area contributed by atoms with Crippen molar-refractivity contribution in [3.8, 4) is 17.4 Å². The fourth-order valence-corrected chi connectivity index (χ4v) is 3.78. The molecule has 0 aliphatic carbocycles. The van der Waals surface area contributed by atoms with Gasteiger partial charge in [0.25, 0.3) is 0 Å². The molecule has 0 aliphatic heterocycles. The van der Waals surface area contributed by atoms with Crippen molar-refractivity contribution in [2.24, 2.45) is 0 Å². The number of benzene rings is 1. The lowest BCUT2D eigenvalue weighted by molar-refractivity contribution is 0.513. The molecule has 0 bridgehead atoms. The molecule has 0 radical (unpaired) electrons. The Hall–Kier alpha value is -3.04. The average molecular weight is 473 g/mol. The summed E-state index contributed by atoms with van der Waals surface area (Å²) in [5, 5.41) is 5.08. The van der Waals surface area contributed by atoms with Crippen molar-refractivity contribution in [2.75, 3.05) is 0 Å². The number of fused-ring (bicyclic) bond motifs is 2. The van der Waals surface area contributed by atoms with E-state index >= 15 is 0 Å². The summed E-state index contributed by atoms with van der Waals surface area (Å²) in [4.78, 5) is 25.9. The molecular weight excluding hydrogens is 462 g/mol. The topological polar surface area (TPSA) is 99.8 Å². The quantitative estimate of drug-likeness (QED) is 0.370. The molecule has 0 aliphatic rings. The van der Waals surface area contributed by atoms with Crippen LogP contribution in [0.1, 0.15) is 11.5 Å². The van der Waals surface area contributed by atoms with E-state index in [2.05, 4.69) is 36.0 Å². The molecule has 4 heterocycles. The summed E-state index contributed by atoms with van der Waals surface area (Å²) >= 11 is 9.62. The van der Waals surface area contributed by atoms with Gasteiger partial charge in [0.2, 0.25) is 5.89 Å². The fraction of sp³-hybridized carbons (Fsp3) is 0.105. The molecule has 0 fully saturated rings. The molecule has 29 heavy (non-hydrogen) atoms. The molecule has 0 saturated heterocycles. The SMILES string of the molecule is Cc1nc2cc3c(=O)oc(-c4cc(Br)nn4-c4ncccc4Cl)nc3c(C)c2o1. The zero-order chi connectivity index (χ0) is 20.3. The average Bonchev–Trinajstić information content (AvgIpc) is 3.25. The minimum Gasteiger partial charge on any atom is -0.441 e. The van der Waals surface area contributed by atoms with Crippen molar-refractivity contribution in [3.05, 3.63) is 62.0 Å². The van der Waals surface area contributed by atoms with Gasteiger partial charge in [0.05, 0.1) is 15.9 Å². The van der Waals surface area contributed by atoms with Crippen molar-refractivity contribution in [1.82, 2.24) is 24.7 Å². The third-order valence-electron chi connectivity index (χ3n) is 4.45. The Morgan fingerprint density at radius 3 is 2.79 bits per heavy atom. The monoisotopic (exact) mass is 471 g/mol. The minimum atomic E-state index is -0.536. The van der Waals surface area contributed by atoms with Gasteiger partial charge in [-0.2, -0.15) is 5.10 Å². The third-order valence-corrected chi connectivity index (χ3v) is 5.14. The molecule has 0 amide bonds. The molecule has 10 heteroatoms. The summed E-state index contributed by atoms with van der Waals surface area (Å²) in [5.74, 6) is 0.980. The van der Waals surface area contributed by atoms with Crippen LogP contribution in [0, 0.1) is 13.8 Å². The van der Waals surface area contributed by atoms with Crippen LogP contribution < -0.4 is 5.63 Å². The van der Waals surface area contributed by atoms with E-state index in [0.29, 0.717) is 54.6 Å². The second-order valence-corrected chi connectivity index (χ2v) is 7.58. The van der Waals surface area contributed by atoms with E-state index in [1.165, 1.54) is 4.68 Å². The number of aryl methyl sites for hydroxylation is 2. The van der Waals surface area contributed by atoms with Crippen molar-refractivity contribution < 1.29 is 8.83 Å². The highest BCUT2D eigenvalue weighted by Gasteiger charge is 2.21. The standard InChI is InChI=1S/C19H11BrClN5O3/c1-8-15-10(6-12-16(8)28-9(2)23-12)19(27)29-18(24-15)13-7-14(20)25-26(13)17-11(21)4-3-5-22-17/h3-7H,1-2H3. The van der Waals surface area contributed by atoms with Gasteiger partial charge in [0.15, 0.2) is 17.3 Å². The second-order valence-electron chi connectivity index (χ2n) is 6.36. The molecule has 8 nitrogen and oxygen atoms in total. The normalized spacial score (nSPS) is 11.6. The van der Waals surface area contributed by atoms with Crippen LogP contribution in [0.3, 0.4) is 0 Å². The zero-order valence-electron chi connectivity index (χ0n) is 15.1. The molecule has 0 unspecified atom stereocenters. The number of rotatable bonds is 2. The van der Waals surface area contributed by atoms with Gasteiger partial charge in [-0.1, -0.05) is 11.6 Å².